The summed E-state index contributed by atoms with van der Waals surface area (Å²) < 4.78 is 2.02. The molecule has 1 atom stereocenters. The standard InChI is InChI=1S/C19H26N4OS/c1-14-12-16-13-22(9-10-23(16)21-14)19(24)20-18(17-8-5-11-25-17)15-6-3-2-4-7-15/h5,8,11-12,15,18H,2-4,6-7,9-10,13H2,1H3,(H,20,24)/t18-/m0/s1. The third-order valence-electron chi connectivity index (χ3n) is 5.46. The largest absolute Gasteiger partial charge is 0.330 e. The Kier molecular flexibility index (Phi) is 4.79. The molecule has 1 fully saturated rings. The van der Waals surface area contributed by atoms with Gasteiger partial charge in [-0.3, -0.25) is 4.68 Å². The van der Waals surface area contributed by atoms with Crippen LogP contribution in [-0.4, -0.2) is 27.3 Å². The molecule has 2 aromatic rings. The van der Waals surface area contributed by atoms with Gasteiger partial charge < -0.3 is 10.2 Å². The van der Waals surface area contributed by atoms with E-state index in [-0.39, 0.29) is 12.1 Å². The van der Waals surface area contributed by atoms with Crippen LogP contribution in [0.1, 0.15) is 54.4 Å². The van der Waals surface area contributed by atoms with Crippen LogP contribution in [0.2, 0.25) is 0 Å². The number of hydrogen-bond donors (Lipinski definition) is 1. The van der Waals surface area contributed by atoms with Crippen molar-refractivity contribution in [1.82, 2.24) is 20.0 Å². The molecule has 2 aliphatic rings. The Balaban J connectivity index is 1.47. The van der Waals surface area contributed by atoms with Crippen molar-refractivity contribution in [1.29, 1.82) is 0 Å². The number of aromatic nitrogens is 2. The van der Waals surface area contributed by atoms with E-state index in [2.05, 4.69) is 34.0 Å². The predicted octanol–water partition coefficient (Wildman–Crippen LogP) is 4.10. The van der Waals surface area contributed by atoms with Crippen LogP contribution in [0.25, 0.3) is 0 Å². The Morgan fingerprint density at radius 3 is 2.92 bits per heavy atom. The van der Waals surface area contributed by atoms with E-state index in [4.69, 9.17) is 0 Å². The molecule has 0 unspecified atom stereocenters. The van der Waals surface area contributed by atoms with Gasteiger partial charge in [0.15, 0.2) is 0 Å². The van der Waals surface area contributed by atoms with Crippen LogP contribution in [0.5, 0.6) is 0 Å². The molecule has 5 nitrogen and oxygen atoms in total. The smallest absolute Gasteiger partial charge is 0.318 e. The molecule has 1 saturated carbocycles. The lowest BCUT2D eigenvalue weighted by Crippen LogP contribution is -2.46. The number of fused-ring (bicyclic) bond motifs is 1. The zero-order valence-corrected chi connectivity index (χ0v) is 15.6. The number of nitrogens with one attached hydrogen (secondary N) is 1. The van der Waals surface area contributed by atoms with Gasteiger partial charge in [0.05, 0.1) is 30.5 Å². The lowest BCUT2D eigenvalue weighted by atomic mass is 9.83. The summed E-state index contributed by atoms with van der Waals surface area (Å²) in [6.07, 6.45) is 6.33. The summed E-state index contributed by atoms with van der Waals surface area (Å²) in [7, 11) is 0. The summed E-state index contributed by atoms with van der Waals surface area (Å²) in [5.41, 5.74) is 2.15. The van der Waals surface area contributed by atoms with E-state index in [0.29, 0.717) is 12.5 Å². The van der Waals surface area contributed by atoms with E-state index in [1.54, 1.807) is 11.3 Å². The van der Waals surface area contributed by atoms with Crippen LogP contribution in [0.4, 0.5) is 4.79 Å². The molecule has 2 aromatic heterocycles. The number of aryl methyl sites for hydroxylation is 1. The quantitative estimate of drug-likeness (QED) is 0.898. The summed E-state index contributed by atoms with van der Waals surface area (Å²) >= 11 is 1.76. The van der Waals surface area contributed by atoms with Crippen LogP contribution in [0.15, 0.2) is 23.6 Å². The maximum atomic E-state index is 13.0. The Labute approximate surface area is 153 Å². The van der Waals surface area contributed by atoms with Crippen molar-refractivity contribution in [2.45, 2.75) is 58.2 Å². The Bertz CT molecular complexity index is 718. The molecule has 1 N–H and O–H groups in total. The maximum absolute atomic E-state index is 13.0. The fourth-order valence-electron chi connectivity index (χ4n) is 4.16. The topological polar surface area (TPSA) is 50.2 Å². The van der Waals surface area contributed by atoms with Gasteiger partial charge in [-0.05, 0) is 43.2 Å². The van der Waals surface area contributed by atoms with Crippen LogP contribution < -0.4 is 5.32 Å². The fourth-order valence-corrected chi connectivity index (χ4v) is 5.03. The summed E-state index contributed by atoms with van der Waals surface area (Å²) in [6.45, 7) is 4.16. The first-order valence-electron chi connectivity index (χ1n) is 9.33. The van der Waals surface area contributed by atoms with E-state index in [1.807, 2.05) is 16.5 Å². The minimum Gasteiger partial charge on any atom is -0.330 e. The zero-order valence-electron chi connectivity index (χ0n) is 14.8. The van der Waals surface area contributed by atoms with Gasteiger partial charge in [0, 0.05) is 11.4 Å². The number of carbonyl (C=O) groups is 1. The van der Waals surface area contributed by atoms with Crippen LogP contribution in [0, 0.1) is 12.8 Å². The highest BCUT2D eigenvalue weighted by Gasteiger charge is 2.30. The number of thiophene rings is 1. The van der Waals surface area contributed by atoms with Gasteiger partial charge in [-0.2, -0.15) is 5.10 Å². The molecule has 3 heterocycles. The minimum atomic E-state index is 0.0640. The van der Waals surface area contributed by atoms with Gasteiger partial charge in [0.2, 0.25) is 0 Å². The third kappa shape index (κ3) is 3.59. The lowest BCUT2D eigenvalue weighted by Gasteiger charge is -2.34. The van der Waals surface area contributed by atoms with Crippen molar-refractivity contribution in [3.05, 3.63) is 39.8 Å². The van der Waals surface area contributed by atoms with Crippen molar-refractivity contribution in [3.63, 3.8) is 0 Å². The molecule has 0 spiro atoms. The van der Waals surface area contributed by atoms with Crippen molar-refractivity contribution < 1.29 is 4.79 Å². The number of amides is 2. The molecule has 6 heteroatoms. The molecule has 25 heavy (non-hydrogen) atoms. The van der Waals surface area contributed by atoms with Crippen molar-refractivity contribution in [2.24, 2.45) is 5.92 Å². The molecular formula is C19H26N4OS. The second-order valence-electron chi connectivity index (χ2n) is 7.26. The Hall–Kier alpha value is -1.82. The van der Waals surface area contributed by atoms with E-state index in [1.165, 1.54) is 37.0 Å². The molecule has 1 aliphatic carbocycles. The number of nitrogens with zero attached hydrogens (tertiary/aromatic N) is 3. The molecule has 4 rings (SSSR count). The molecule has 2 amide bonds. The highest BCUT2D eigenvalue weighted by Crippen LogP contribution is 2.36. The number of rotatable bonds is 3. The fraction of sp³-hybridized carbons (Fsp3) is 0.579. The first-order valence-corrected chi connectivity index (χ1v) is 10.2. The van der Waals surface area contributed by atoms with Crippen LogP contribution in [-0.2, 0) is 13.1 Å². The minimum absolute atomic E-state index is 0.0640. The van der Waals surface area contributed by atoms with Crippen molar-refractivity contribution in [3.8, 4) is 0 Å². The third-order valence-corrected chi connectivity index (χ3v) is 6.41. The number of hydrogen-bond acceptors (Lipinski definition) is 3. The van der Waals surface area contributed by atoms with E-state index >= 15 is 0 Å². The average Bonchev–Trinajstić information content (AvgIpc) is 3.28. The van der Waals surface area contributed by atoms with Gasteiger partial charge in [-0.15, -0.1) is 11.3 Å². The predicted molar refractivity (Wildman–Crippen MR) is 99.5 cm³/mol. The first-order chi connectivity index (χ1) is 12.2. The monoisotopic (exact) mass is 358 g/mol. The van der Waals surface area contributed by atoms with Gasteiger partial charge in [-0.1, -0.05) is 25.3 Å². The average molecular weight is 359 g/mol. The Morgan fingerprint density at radius 2 is 2.16 bits per heavy atom. The summed E-state index contributed by atoms with van der Waals surface area (Å²) in [6, 6.07) is 6.55. The zero-order chi connectivity index (χ0) is 17.2. The molecule has 1 aliphatic heterocycles. The van der Waals surface area contributed by atoms with Crippen LogP contribution >= 0.6 is 11.3 Å². The second kappa shape index (κ2) is 7.20. The Morgan fingerprint density at radius 1 is 1.32 bits per heavy atom. The molecule has 0 bridgehead atoms. The van der Waals surface area contributed by atoms with Crippen molar-refractivity contribution >= 4 is 17.4 Å². The van der Waals surface area contributed by atoms with Gasteiger partial charge in [-0.25, -0.2) is 4.79 Å². The highest BCUT2D eigenvalue weighted by atomic mass is 32.1. The van der Waals surface area contributed by atoms with E-state index in [0.717, 1.165) is 24.5 Å². The van der Waals surface area contributed by atoms with Crippen LogP contribution in [0.3, 0.4) is 0 Å². The van der Waals surface area contributed by atoms with E-state index < -0.39 is 0 Å². The van der Waals surface area contributed by atoms with Crippen molar-refractivity contribution in [2.75, 3.05) is 6.54 Å². The maximum Gasteiger partial charge on any atom is 0.318 e. The lowest BCUT2D eigenvalue weighted by molar-refractivity contribution is 0.168. The molecule has 134 valence electrons. The molecule has 0 aromatic carbocycles. The number of carbonyl (C=O) groups excluding carboxylic acids is 1. The second-order valence-corrected chi connectivity index (χ2v) is 8.24. The molecule has 0 radical (unpaired) electrons. The van der Waals surface area contributed by atoms with Gasteiger partial charge in [0.1, 0.15) is 0 Å². The van der Waals surface area contributed by atoms with Gasteiger partial charge in [0.25, 0.3) is 0 Å². The summed E-state index contributed by atoms with van der Waals surface area (Å²) in [5, 5.41) is 9.95. The summed E-state index contributed by atoms with van der Waals surface area (Å²) in [5.74, 6) is 0.564. The normalized spacial score (nSPS) is 19.5. The highest BCUT2D eigenvalue weighted by molar-refractivity contribution is 7.10. The SMILES string of the molecule is Cc1cc2n(n1)CCN(C(=O)N[C@H](c1cccs1)C1CCCCC1)C2. The molecule has 0 saturated heterocycles. The molecular weight excluding hydrogens is 332 g/mol. The summed E-state index contributed by atoms with van der Waals surface area (Å²) in [4.78, 5) is 16.2. The number of urea groups is 1. The first kappa shape index (κ1) is 16.6. The van der Waals surface area contributed by atoms with E-state index in [9.17, 15) is 4.79 Å². The van der Waals surface area contributed by atoms with Gasteiger partial charge >= 0.3 is 6.03 Å².